The Morgan fingerprint density at radius 3 is 2.20 bits per heavy atom. The zero-order chi connectivity index (χ0) is 29.6. The number of halogens is 5. The van der Waals surface area contributed by atoms with E-state index in [-0.39, 0.29) is 11.3 Å². The molecule has 3 rings (SSSR count). The van der Waals surface area contributed by atoms with Crippen molar-refractivity contribution in [3.8, 4) is 5.88 Å². The molecule has 1 fully saturated rings. The number of benzene rings is 1. The number of alkyl halides is 5. The van der Waals surface area contributed by atoms with E-state index in [9.17, 15) is 42.1 Å². The van der Waals surface area contributed by atoms with Gasteiger partial charge < -0.3 is 34.3 Å². The van der Waals surface area contributed by atoms with Gasteiger partial charge in [0.1, 0.15) is 50.4 Å². The molecule has 5 atom stereocenters. The van der Waals surface area contributed by atoms with Crippen LogP contribution in [-0.4, -0.2) is 88.5 Å². The molecule has 1 aliphatic heterocycles. The first kappa shape index (κ1) is 31.5. The standard InChI is InChI=1S/C25H31F5N2O8/c1-3-13-5-7-14(8-6-13)9-16-21(25(28,29)30)32(15(10-26)11-27)31-22(16)40-23-20(35)19(34)18(33)17(39-23)12-38-24(36)37-4-2/h5-8,15,17-20,23,33-35H,3-4,9-12H2,1-2H3/t17-,18-,19+,20-,23+/m1/s1. The third kappa shape index (κ3) is 7.19. The van der Waals surface area contributed by atoms with Gasteiger partial charge in [-0.1, -0.05) is 31.2 Å². The Labute approximate surface area is 226 Å². The molecular formula is C25H31F5N2O8. The molecule has 2 aromatic rings. The Morgan fingerprint density at radius 2 is 1.65 bits per heavy atom. The number of aliphatic hydroxyl groups excluding tert-OH is 3. The van der Waals surface area contributed by atoms with Crippen molar-refractivity contribution in [3.63, 3.8) is 0 Å². The van der Waals surface area contributed by atoms with Gasteiger partial charge in [0.2, 0.25) is 12.2 Å². The topological polar surface area (TPSA) is 132 Å². The molecule has 40 heavy (non-hydrogen) atoms. The molecule has 224 valence electrons. The summed E-state index contributed by atoms with van der Waals surface area (Å²) in [5, 5.41) is 34.7. The van der Waals surface area contributed by atoms with E-state index in [1.54, 1.807) is 24.3 Å². The number of ether oxygens (including phenoxy) is 4. The van der Waals surface area contributed by atoms with Crippen LogP contribution in [0.4, 0.5) is 26.7 Å². The lowest BCUT2D eigenvalue weighted by atomic mass is 9.99. The number of hydrogen-bond acceptors (Lipinski definition) is 9. The lowest BCUT2D eigenvalue weighted by Gasteiger charge is -2.39. The molecule has 0 radical (unpaired) electrons. The molecule has 1 aromatic heterocycles. The Morgan fingerprint density at radius 1 is 1.02 bits per heavy atom. The fourth-order valence-corrected chi connectivity index (χ4v) is 4.11. The predicted octanol–water partition coefficient (Wildman–Crippen LogP) is 2.89. The Balaban J connectivity index is 2.01. The maximum atomic E-state index is 14.3. The van der Waals surface area contributed by atoms with Crippen molar-refractivity contribution in [3.05, 3.63) is 46.6 Å². The molecule has 0 amide bonds. The third-order valence-electron chi connectivity index (χ3n) is 6.28. The van der Waals surface area contributed by atoms with Gasteiger partial charge in [0.15, 0.2) is 5.69 Å². The minimum Gasteiger partial charge on any atom is -0.443 e. The number of rotatable bonds is 11. The SMILES string of the molecule is CCOC(=O)OC[C@H]1O[C@@H](Oc2nn(C(CF)CF)c(C(F)(F)F)c2Cc2ccc(CC)cc2)[C@H](O)[C@@H](O)[C@@H]1O. The van der Waals surface area contributed by atoms with Crippen LogP contribution in [0.5, 0.6) is 5.88 Å². The fraction of sp³-hybridized carbons (Fsp3) is 0.600. The van der Waals surface area contributed by atoms with Crippen molar-refractivity contribution < 1.29 is 61.0 Å². The maximum absolute atomic E-state index is 14.3. The lowest BCUT2D eigenvalue weighted by Crippen LogP contribution is -2.60. The molecule has 3 N–H and O–H groups in total. The molecular weight excluding hydrogens is 551 g/mol. The lowest BCUT2D eigenvalue weighted by molar-refractivity contribution is -0.278. The van der Waals surface area contributed by atoms with E-state index in [2.05, 4.69) is 9.84 Å². The first-order valence-electron chi connectivity index (χ1n) is 12.5. The minimum absolute atomic E-state index is 0.0209. The van der Waals surface area contributed by atoms with Crippen LogP contribution in [0.25, 0.3) is 0 Å². The molecule has 10 nitrogen and oxygen atoms in total. The molecule has 1 aromatic carbocycles. The van der Waals surface area contributed by atoms with Gasteiger partial charge in [-0.2, -0.15) is 13.2 Å². The quantitative estimate of drug-likeness (QED) is 0.270. The van der Waals surface area contributed by atoms with E-state index in [1.807, 2.05) is 6.92 Å². The van der Waals surface area contributed by atoms with Crippen molar-refractivity contribution in [2.75, 3.05) is 26.6 Å². The summed E-state index contributed by atoms with van der Waals surface area (Å²) >= 11 is 0. The highest BCUT2D eigenvalue weighted by molar-refractivity contribution is 5.59. The number of aryl methyl sites for hydroxylation is 1. The van der Waals surface area contributed by atoms with Crippen LogP contribution in [0.1, 0.15) is 42.3 Å². The van der Waals surface area contributed by atoms with Gasteiger partial charge in [-0.15, -0.1) is 5.10 Å². The molecule has 1 aliphatic rings. The number of aromatic nitrogens is 2. The number of aliphatic hydroxyl groups is 3. The monoisotopic (exact) mass is 582 g/mol. The molecule has 15 heteroatoms. The summed E-state index contributed by atoms with van der Waals surface area (Å²) in [7, 11) is 0. The number of carbonyl (C=O) groups excluding carboxylic acids is 1. The van der Waals surface area contributed by atoms with E-state index >= 15 is 0 Å². The summed E-state index contributed by atoms with van der Waals surface area (Å²) in [6.45, 7) is -0.302. The van der Waals surface area contributed by atoms with E-state index in [0.717, 1.165) is 5.56 Å². The van der Waals surface area contributed by atoms with Crippen molar-refractivity contribution >= 4 is 6.16 Å². The molecule has 1 saturated heterocycles. The van der Waals surface area contributed by atoms with Crippen molar-refractivity contribution in [1.82, 2.24) is 9.78 Å². The molecule has 0 aliphatic carbocycles. The third-order valence-corrected chi connectivity index (χ3v) is 6.28. The van der Waals surface area contributed by atoms with Crippen LogP contribution in [0.15, 0.2) is 24.3 Å². The summed E-state index contributed by atoms with van der Waals surface area (Å²) in [5.74, 6) is -0.767. The van der Waals surface area contributed by atoms with Gasteiger partial charge in [0, 0.05) is 6.42 Å². The van der Waals surface area contributed by atoms with Crippen molar-refractivity contribution in [2.45, 2.75) is 69.6 Å². The Kier molecular flexibility index (Phi) is 10.7. The van der Waals surface area contributed by atoms with Crippen LogP contribution in [0.2, 0.25) is 0 Å². The highest BCUT2D eigenvalue weighted by Gasteiger charge is 2.47. The van der Waals surface area contributed by atoms with E-state index in [1.165, 1.54) is 6.92 Å². The van der Waals surface area contributed by atoms with Gasteiger partial charge in [-0.3, -0.25) is 0 Å². The van der Waals surface area contributed by atoms with Crippen LogP contribution < -0.4 is 4.74 Å². The fourth-order valence-electron chi connectivity index (χ4n) is 4.11. The number of hydrogen-bond donors (Lipinski definition) is 3. The molecule has 0 unspecified atom stereocenters. The zero-order valence-electron chi connectivity index (χ0n) is 21.7. The van der Waals surface area contributed by atoms with Crippen LogP contribution in [0, 0.1) is 0 Å². The van der Waals surface area contributed by atoms with Crippen LogP contribution in [0.3, 0.4) is 0 Å². The van der Waals surface area contributed by atoms with E-state index in [4.69, 9.17) is 14.2 Å². The maximum Gasteiger partial charge on any atom is 0.508 e. The average Bonchev–Trinajstić information content (AvgIpc) is 3.27. The Hall–Kier alpha value is -3.01. The Bertz CT molecular complexity index is 1110. The van der Waals surface area contributed by atoms with Crippen LogP contribution in [-0.2, 0) is 33.2 Å². The summed E-state index contributed by atoms with van der Waals surface area (Å²) in [6.07, 6.45) is -15.1. The van der Waals surface area contributed by atoms with Gasteiger partial charge in [0.25, 0.3) is 0 Å². The summed E-state index contributed by atoms with van der Waals surface area (Å²) in [6, 6.07) is 4.65. The van der Waals surface area contributed by atoms with Gasteiger partial charge in [-0.25, -0.2) is 18.3 Å². The first-order valence-corrected chi connectivity index (χ1v) is 12.5. The van der Waals surface area contributed by atoms with Gasteiger partial charge in [-0.05, 0) is 24.5 Å². The zero-order valence-corrected chi connectivity index (χ0v) is 21.7. The highest BCUT2D eigenvalue weighted by atomic mass is 19.4. The van der Waals surface area contributed by atoms with Crippen molar-refractivity contribution in [2.24, 2.45) is 0 Å². The first-order chi connectivity index (χ1) is 18.9. The second kappa shape index (κ2) is 13.6. The summed E-state index contributed by atoms with van der Waals surface area (Å²) < 4.78 is 90.3. The number of carbonyl (C=O) groups is 1. The average molecular weight is 583 g/mol. The number of nitrogens with zero attached hydrogens (tertiary/aromatic N) is 2. The van der Waals surface area contributed by atoms with E-state index in [0.29, 0.717) is 12.0 Å². The molecule has 0 spiro atoms. The largest absolute Gasteiger partial charge is 0.508 e. The molecule has 0 bridgehead atoms. The van der Waals surface area contributed by atoms with Crippen LogP contribution >= 0.6 is 0 Å². The highest BCUT2D eigenvalue weighted by Crippen LogP contribution is 2.40. The second-order valence-electron chi connectivity index (χ2n) is 9.01. The smallest absolute Gasteiger partial charge is 0.443 e. The second-order valence-corrected chi connectivity index (χ2v) is 9.01. The summed E-state index contributed by atoms with van der Waals surface area (Å²) in [4.78, 5) is 11.5. The predicted molar refractivity (Wildman–Crippen MR) is 127 cm³/mol. The van der Waals surface area contributed by atoms with Gasteiger partial charge >= 0.3 is 12.3 Å². The molecule has 2 heterocycles. The summed E-state index contributed by atoms with van der Waals surface area (Å²) in [5.41, 5.74) is -0.746. The minimum atomic E-state index is -5.12. The van der Waals surface area contributed by atoms with Gasteiger partial charge in [0.05, 0.1) is 12.2 Å². The van der Waals surface area contributed by atoms with E-state index < -0.39 is 92.6 Å². The van der Waals surface area contributed by atoms with Crippen molar-refractivity contribution in [1.29, 1.82) is 0 Å². The molecule has 0 saturated carbocycles. The normalized spacial score (nSPS) is 23.3.